The molecule has 1 aliphatic rings. The van der Waals surface area contributed by atoms with Crippen molar-refractivity contribution in [2.24, 2.45) is 10.9 Å². The number of aliphatic imine (C=N–C) groups is 1. The lowest BCUT2D eigenvalue weighted by atomic mass is 9.93. The Kier molecular flexibility index (Phi) is 16.2. The highest BCUT2D eigenvalue weighted by Gasteiger charge is 2.30. The van der Waals surface area contributed by atoms with Gasteiger partial charge in [-0.2, -0.15) is 0 Å². The number of nitrogens with one attached hydrogen (secondary N) is 4. The molecule has 1 saturated heterocycles. The molecule has 2 amide bonds. The standard InChI is InChI=1S/C24H40N6OS.C8H7F3O/c1-5-6-14-26-22(25-4)30-16-12-19(13-17-30)11-15-27-23(31)29-24(32)28-21-10-8-7-9-20(21)18(2)3;1-6-2-4-7(5-3-6)12-8(9,10)11/h7-10,14,18-19,22,25H,5-6,11-13,15-17H2,1-4H3,(H3,27,28,29,31,32);2-5H,1H3/b26-14-;. The monoisotopic (exact) mass is 636 g/mol. The van der Waals surface area contributed by atoms with Gasteiger partial charge in [0.2, 0.25) is 0 Å². The highest BCUT2D eigenvalue weighted by molar-refractivity contribution is 7.80. The van der Waals surface area contributed by atoms with Crippen LogP contribution in [0.3, 0.4) is 0 Å². The molecule has 1 fully saturated rings. The Hall–Kier alpha value is -3.22. The zero-order valence-electron chi connectivity index (χ0n) is 26.3. The molecular weight excluding hydrogens is 589 g/mol. The molecule has 0 aliphatic carbocycles. The number of unbranched alkanes of at least 4 members (excludes halogenated alkanes) is 1. The minimum Gasteiger partial charge on any atom is -0.406 e. The molecule has 2 aromatic carbocycles. The summed E-state index contributed by atoms with van der Waals surface area (Å²) < 4.78 is 38.5. The SMILES string of the molecule is CCC/C=N\C(NC)N1CCC(CCNC(=O)NC(=S)Nc2ccccc2C(C)C)CC1.Cc1ccc(OC(F)(F)F)cc1. The van der Waals surface area contributed by atoms with Crippen LogP contribution in [0.1, 0.15) is 69.9 Å². The van der Waals surface area contributed by atoms with Crippen LogP contribution in [-0.2, 0) is 0 Å². The minimum atomic E-state index is -4.60. The zero-order valence-corrected chi connectivity index (χ0v) is 27.2. The molecule has 244 valence electrons. The van der Waals surface area contributed by atoms with Crippen LogP contribution < -0.4 is 26.0 Å². The van der Waals surface area contributed by atoms with Gasteiger partial charge in [0.05, 0.1) is 0 Å². The lowest BCUT2D eigenvalue weighted by molar-refractivity contribution is -0.274. The van der Waals surface area contributed by atoms with Crippen molar-refractivity contribution in [3.05, 3.63) is 59.7 Å². The number of para-hydroxylation sites is 1. The summed E-state index contributed by atoms with van der Waals surface area (Å²) in [7, 11) is 1.96. The van der Waals surface area contributed by atoms with Gasteiger partial charge in [-0.1, -0.05) is 63.1 Å². The largest absolute Gasteiger partial charge is 0.573 e. The van der Waals surface area contributed by atoms with E-state index in [0.717, 1.165) is 56.4 Å². The van der Waals surface area contributed by atoms with E-state index in [0.29, 0.717) is 23.5 Å². The van der Waals surface area contributed by atoms with E-state index in [1.807, 2.05) is 31.5 Å². The minimum absolute atomic E-state index is 0.0701. The molecule has 1 aliphatic heterocycles. The van der Waals surface area contributed by atoms with E-state index in [2.05, 4.69) is 62.7 Å². The van der Waals surface area contributed by atoms with E-state index >= 15 is 0 Å². The maximum absolute atomic E-state index is 12.2. The van der Waals surface area contributed by atoms with Gasteiger partial charge >= 0.3 is 12.4 Å². The fourth-order valence-electron chi connectivity index (χ4n) is 4.69. The first-order valence-electron chi connectivity index (χ1n) is 15.1. The summed E-state index contributed by atoms with van der Waals surface area (Å²) in [5, 5.41) is 12.4. The molecular formula is C32H47F3N6O2S. The Morgan fingerprint density at radius 1 is 1.14 bits per heavy atom. The molecule has 8 nitrogen and oxygen atoms in total. The molecule has 12 heteroatoms. The molecule has 1 heterocycles. The number of carbonyl (C=O) groups excluding carboxylic acids is 1. The highest BCUT2D eigenvalue weighted by atomic mass is 32.1. The van der Waals surface area contributed by atoms with Crippen LogP contribution in [0.25, 0.3) is 0 Å². The molecule has 0 bridgehead atoms. The van der Waals surface area contributed by atoms with Crippen LogP contribution in [0.2, 0.25) is 0 Å². The lowest BCUT2D eigenvalue weighted by Gasteiger charge is -2.35. The summed E-state index contributed by atoms with van der Waals surface area (Å²) in [6, 6.07) is 13.4. The van der Waals surface area contributed by atoms with Crippen molar-refractivity contribution in [2.75, 3.05) is 32.0 Å². The number of rotatable bonds is 11. The van der Waals surface area contributed by atoms with Crippen LogP contribution in [0.4, 0.5) is 23.7 Å². The van der Waals surface area contributed by atoms with Gasteiger partial charge in [0, 0.05) is 31.5 Å². The quantitative estimate of drug-likeness (QED) is 0.154. The Bertz CT molecular complexity index is 1170. The molecule has 0 spiro atoms. The highest BCUT2D eigenvalue weighted by Crippen LogP contribution is 2.24. The molecule has 0 aromatic heterocycles. The molecule has 44 heavy (non-hydrogen) atoms. The van der Waals surface area contributed by atoms with Gasteiger partial charge in [-0.3, -0.25) is 20.5 Å². The number of aryl methyl sites for hydroxylation is 1. The third-order valence-corrected chi connectivity index (χ3v) is 7.27. The molecule has 1 unspecified atom stereocenters. The molecule has 0 radical (unpaired) electrons. The lowest BCUT2D eigenvalue weighted by Crippen LogP contribution is -2.47. The fourth-order valence-corrected chi connectivity index (χ4v) is 4.89. The summed E-state index contributed by atoms with van der Waals surface area (Å²) >= 11 is 5.31. The Morgan fingerprint density at radius 2 is 1.80 bits per heavy atom. The topological polar surface area (TPSA) is 90.0 Å². The number of thiocarbonyl (C=S) groups is 1. The summed E-state index contributed by atoms with van der Waals surface area (Å²) in [6.45, 7) is 10.9. The number of hydrogen-bond acceptors (Lipinski definition) is 6. The maximum atomic E-state index is 12.2. The number of hydrogen-bond donors (Lipinski definition) is 4. The van der Waals surface area contributed by atoms with E-state index in [1.54, 1.807) is 19.1 Å². The molecule has 1 atom stereocenters. The number of nitrogens with zero attached hydrogens (tertiary/aromatic N) is 2. The summed E-state index contributed by atoms with van der Waals surface area (Å²) in [4.78, 5) is 19.3. The predicted molar refractivity (Wildman–Crippen MR) is 176 cm³/mol. The van der Waals surface area contributed by atoms with Crippen LogP contribution in [-0.4, -0.2) is 61.6 Å². The number of piperidine rings is 1. The maximum Gasteiger partial charge on any atom is 0.573 e. The summed E-state index contributed by atoms with van der Waals surface area (Å²) in [5.74, 6) is 0.799. The number of benzene rings is 2. The van der Waals surface area contributed by atoms with Crippen molar-refractivity contribution in [3.8, 4) is 5.75 Å². The van der Waals surface area contributed by atoms with Crippen LogP contribution in [0, 0.1) is 12.8 Å². The molecule has 2 aromatic rings. The number of alkyl halides is 3. The van der Waals surface area contributed by atoms with Crippen molar-refractivity contribution in [1.29, 1.82) is 0 Å². The van der Waals surface area contributed by atoms with Crippen LogP contribution in [0.5, 0.6) is 5.75 Å². The van der Waals surface area contributed by atoms with E-state index in [1.165, 1.54) is 17.7 Å². The average molecular weight is 637 g/mol. The first-order chi connectivity index (χ1) is 20.9. The number of likely N-dealkylation sites (tertiary alicyclic amines) is 1. The van der Waals surface area contributed by atoms with Crippen molar-refractivity contribution in [2.45, 2.75) is 78.4 Å². The van der Waals surface area contributed by atoms with Crippen LogP contribution >= 0.6 is 12.2 Å². The molecule has 4 N–H and O–H groups in total. The van der Waals surface area contributed by atoms with Crippen molar-refractivity contribution >= 4 is 35.3 Å². The Balaban J connectivity index is 0.000000469. The van der Waals surface area contributed by atoms with Gasteiger partial charge in [0.15, 0.2) is 11.4 Å². The van der Waals surface area contributed by atoms with Gasteiger partial charge < -0.3 is 15.4 Å². The first kappa shape index (κ1) is 37.0. The normalized spacial score (nSPS) is 14.9. The third kappa shape index (κ3) is 14.5. The summed E-state index contributed by atoms with van der Waals surface area (Å²) in [6.07, 6.45) is 2.85. The fraction of sp³-hybridized carbons (Fsp3) is 0.531. The average Bonchev–Trinajstić information content (AvgIpc) is 2.97. The van der Waals surface area contributed by atoms with Crippen molar-refractivity contribution < 1.29 is 22.7 Å². The Labute approximate surface area is 265 Å². The van der Waals surface area contributed by atoms with Gasteiger partial charge in [-0.15, -0.1) is 13.2 Å². The Morgan fingerprint density at radius 3 is 2.39 bits per heavy atom. The molecule has 3 rings (SSSR count). The number of urea groups is 1. The van der Waals surface area contributed by atoms with Crippen molar-refractivity contribution in [3.63, 3.8) is 0 Å². The van der Waals surface area contributed by atoms with Gasteiger partial charge in [0.25, 0.3) is 0 Å². The smallest absolute Gasteiger partial charge is 0.406 e. The summed E-state index contributed by atoms with van der Waals surface area (Å²) in [5.41, 5.74) is 2.99. The van der Waals surface area contributed by atoms with E-state index in [-0.39, 0.29) is 18.1 Å². The number of carbonyl (C=O) groups is 1. The third-order valence-electron chi connectivity index (χ3n) is 7.07. The second kappa shape index (κ2) is 19.2. The van der Waals surface area contributed by atoms with E-state index in [4.69, 9.17) is 12.2 Å². The van der Waals surface area contributed by atoms with E-state index < -0.39 is 6.36 Å². The van der Waals surface area contributed by atoms with Crippen molar-refractivity contribution in [1.82, 2.24) is 20.9 Å². The first-order valence-corrected chi connectivity index (χ1v) is 15.5. The second-order valence-electron chi connectivity index (χ2n) is 11.0. The number of amides is 2. The van der Waals surface area contributed by atoms with Crippen LogP contribution in [0.15, 0.2) is 53.5 Å². The number of ether oxygens (including phenoxy) is 1. The zero-order chi connectivity index (χ0) is 32.5. The number of halogens is 3. The van der Waals surface area contributed by atoms with Gasteiger partial charge in [-0.25, -0.2) is 4.79 Å². The number of anilines is 1. The van der Waals surface area contributed by atoms with Gasteiger partial charge in [0.1, 0.15) is 5.75 Å². The molecule has 0 saturated carbocycles. The second-order valence-corrected chi connectivity index (χ2v) is 11.4. The van der Waals surface area contributed by atoms with E-state index in [9.17, 15) is 18.0 Å². The van der Waals surface area contributed by atoms with Gasteiger partial charge in [-0.05, 0) is 87.5 Å². The predicted octanol–water partition coefficient (Wildman–Crippen LogP) is 7.18.